The summed E-state index contributed by atoms with van der Waals surface area (Å²) in [6, 6.07) is 0.131. The number of hydrogen-bond acceptors (Lipinski definition) is 4. The number of carbonyl (C=O) groups is 2. The second kappa shape index (κ2) is 5.11. The van der Waals surface area contributed by atoms with Crippen molar-refractivity contribution in [1.82, 2.24) is 9.80 Å². The van der Waals surface area contributed by atoms with Crippen LogP contribution in [-0.4, -0.2) is 61.5 Å². The quantitative estimate of drug-likeness (QED) is 0.468. The Bertz CT molecular complexity index is 255. The standard InChI is InChI=1S/C10H18N2O3/c1-4-15-10(14)9(13)12(3)8-5-6-11(2)7-8/h8H,4-7H2,1-3H3. The summed E-state index contributed by atoms with van der Waals surface area (Å²) in [5.74, 6) is -1.30. The highest BCUT2D eigenvalue weighted by atomic mass is 16.5. The molecule has 0 spiro atoms. The Hall–Kier alpha value is -1.10. The lowest BCUT2D eigenvalue weighted by atomic mass is 10.2. The molecular formula is C10H18N2O3. The molecule has 1 heterocycles. The number of rotatable bonds is 2. The fourth-order valence-electron chi connectivity index (χ4n) is 1.73. The molecule has 15 heavy (non-hydrogen) atoms. The zero-order valence-corrected chi connectivity index (χ0v) is 9.52. The first-order valence-electron chi connectivity index (χ1n) is 5.18. The van der Waals surface area contributed by atoms with Crippen molar-refractivity contribution < 1.29 is 14.3 Å². The highest BCUT2D eigenvalue weighted by Gasteiger charge is 2.30. The number of likely N-dealkylation sites (N-methyl/N-ethyl adjacent to an activating group) is 2. The number of nitrogens with zero attached hydrogens (tertiary/aromatic N) is 2. The Balaban J connectivity index is 2.49. The minimum Gasteiger partial charge on any atom is -0.459 e. The minimum absolute atomic E-state index is 0.131. The Morgan fingerprint density at radius 3 is 2.67 bits per heavy atom. The van der Waals surface area contributed by atoms with Gasteiger partial charge in [-0.3, -0.25) is 4.79 Å². The molecule has 1 amide bonds. The van der Waals surface area contributed by atoms with Gasteiger partial charge in [0.15, 0.2) is 0 Å². The van der Waals surface area contributed by atoms with Gasteiger partial charge in [-0.2, -0.15) is 0 Å². The molecule has 86 valence electrons. The van der Waals surface area contributed by atoms with Gasteiger partial charge in [0.1, 0.15) is 0 Å². The van der Waals surface area contributed by atoms with E-state index in [0.717, 1.165) is 19.5 Å². The monoisotopic (exact) mass is 214 g/mol. The predicted molar refractivity (Wildman–Crippen MR) is 55.3 cm³/mol. The van der Waals surface area contributed by atoms with E-state index in [1.807, 2.05) is 7.05 Å². The number of hydrogen-bond donors (Lipinski definition) is 0. The lowest BCUT2D eigenvalue weighted by molar-refractivity contribution is -0.160. The van der Waals surface area contributed by atoms with Crippen LogP contribution >= 0.6 is 0 Å². The first-order chi connectivity index (χ1) is 7.06. The molecule has 0 aliphatic carbocycles. The van der Waals surface area contributed by atoms with Crippen molar-refractivity contribution in [2.75, 3.05) is 33.8 Å². The van der Waals surface area contributed by atoms with Gasteiger partial charge in [0.25, 0.3) is 0 Å². The molecule has 5 nitrogen and oxygen atoms in total. The van der Waals surface area contributed by atoms with Crippen molar-refractivity contribution in [3.63, 3.8) is 0 Å². The van der Waals surface area contributed by atoms with Gasteiger partial charge in [0, 0.05) is 19.6 Å². The molecule has 1 aliphatic rings. The Morgan fingerprint density at radius 2 is 2.20 bits per heavy atom. The van der Waals surface area contributed by atoms with E-state index in [4.69, 9.17) is 0 Å². The normalized spacial score (nSPS) is 21.4. The van der Waals surface area contributed by atoms with Crippen LogP contribution in [0.2, 0.25) is 0 Å². The maximum absolute atomic E-state index is 11.6. The van der Waals surface area contributed by atoms with Crippen LogP contribution < -0.4 is 0 Å². The van der Waals surface area contributed by atoms with Crippen molar-refractivity contribution in [3.8, 4) is 0 Å². The molecule has 1 rings (SSSR count). The van der Waals surface area contributed by atoms with Crippen LogP contribution in [0.1, 0.15) is 13.3 Å². The third-order valence-electron chi connectivity index (χ3n) is 2.68. The fraction of sp³-hybridized carbons (Fsp3) is 0.800. The molecule has 0 aromatic rings. The van der Waals surface area contributed by atoms with E-state index in [-0.39, 0.29) is 12.6 Å². The first-order valence-corrected chi connectivity index (χ1v) is 5.18. The Kier molecular flexibility index (Phi) is 4.08. The Morgan fingerprint density at radius 1 is 1.53 bits per heavy atom. The predicted octanol–water partition coefficient (Wildman–Crippen LogP) is -0.288. The van der Waals surface area contributed by atoms with Gasteiger partial charge < -0.3 is 14.5 Å². The van der Waals surface area contributed by atoms with Gasteiger partial charge in [0.2, 0.25) is 0 Å². The summed E-state index contributed by atoms with van der Waals surface area (Å²) in [7, 11) is 3.66. The summed E-state index contributed by atoms with van der Waals surface area (Å²) < 4.78 is 4.67. The van der Waals surface area contributed by atoms with E-state index < -0.39 is 11.9 Å². The van der Waals surface area contributed by atoms with E-state index in [1.165, 1.54) is 4.90 Å². The van der Waals surface area contributed by atoms with E-state index in [2.05, 4.69) is 9.64 Å². The maximum atomic E-state index is 11.6. The van der Waals surface area contributed by atoms with Crippen molar-refractivity contribution in [2.24, 2.45) is 0 Å². The minimum atomic E-state index is -0.755. The summed E-state index contributed by atoms with van der Waals surface area (Å²) in [5.41, 5.74) is 0. The zero-order chi connectivity index (χ0) is 11.4. The summed E-state index contributed by atoms with van der Waals surface area (Å²) in [4.78, 5) is 26.4. The fourth-order valence-corrected chi connectivity index (χ4v) is 1.73. The van der Waals surface area contributed by atoms with Crippen LogP contribution in [0.15, 0.2) is 0 Å². The summed E-state index contributed by atoms with van der Waals surface area (Å²) >= 11 is 0. The number of esters is 1. The summed E-state index contributed by atoms with van der Waals surface area (Å²) in [6.07, 6.45) is 0.915. The molecular weight excluding hydrogens is 196 g/mol. The molecule has 1 unspecified atom stereocenters. The zero-order valence-electron chi connectivity index (χ0n) is 9.52. The van der Waals surface area contributed by atoms with Crippen LogP contribution in [0.25, 0.3) is 0 Å². The molecule has 0 aromatic heterocycles. The first kappa shape index (κ1) is 12.0. The van der Waals surface area contributed by atoms with Crippen LogP contribution in [0.3, 0.4) is 0 Å². The molecule has 0 radical (unpaired) electrons. The lowest BCUT2D eigenvalue weighted by Crippen LogP contribution is -2.42. The van der Waals surface area contributed by atoms with Crippen molar-refractivity contribution in [1.29, 1.82) is 0 Å². The molecule has 5 heteroatoms. The maximum Gasteiger partial charge on any atom is 0.397 e. The number of likely N-dealkylation sites (tertiary alicyclic amines) is 1. The van der Waals surface area contributed by atoms with Crippen molar-refractivity contribution >= 4 is 11.9 Å². The van der Waals surface area contributed by atoms with Crippen molar-refractivity contribution in [3.05, 3.63) is 0 Å². The number of amides is 1. The molecule has 0 saturated carbocycles. The molecule has 1 saturated heterocycles. The molecule has 1 fully saturated rings. The van der Waals surface area contributed by atoms with Crippen LogP contribution in [0, 0.1) is 0 Å². The van der Waals surface area contributed by atoms with Gasteiger partial charge in [-0.1, -0.05) is 0 Å². The van der Waals surface area contributed by atoms with Gasteiger partial charge in [-0.15, -0.1) is 0 Å². The average Bonchev–Trinajstić information content (AvgIpc) is 2.63. The number of ether oxygens (including phenoxy) is 1. The molecule has 1 aliphatic heterocycles. The van der Waals surface area contributed by atoms with Gasteiger partial charge in [-0.25, -0.2) is 4.79 Å². The Labute approximate surface area is 90.0 Å². The highest BCUT2D eigenvalue weighted by molar-refractivity contribution is 6.32. The van der Waals surface area contributed by atoms with E-state index >= 15 is 0 Å². The van der Waals surface area contributed by atoms with E-state index in [9.17, 15) is 9.59 Å². The van der Waals surface area contributed by atoms with Gasteiger partial charge >= 0.3 is 11.9 Å². The summed E-state index contributed by atoms with van der Waals surface area (Å²) in [6.45, 7) is 3.71. The van der Waals surface area contributed by atoms with Crippen LogP contribution in [0.5, 0.6) is 0 Å². The molecule has 0 bridgehead atoms. The average molecular weight is 214 g/mol. The van der Waals surface area contributed by atoms with Crippen LogP contribution in [0.4, 0.5) is 0 Å². The lowest BCUT2D eigenvalue weighted by Gasteiger charge is -2.23. The van der Waals surface area contributed by atoms with E-state index in [0.29, 0.717) is 0 Å². The number of carbonyl (C=O) groups excluding carboxylic acids is 2. The largest absolute Gasteiger partial charge is 0.459 e. The molecule has 0 N–H and O–H groups in total. The highest BCUT2D eigenvalue weighted by Crippen LogP contribution is 2.12. The van der Waals surface area contributed by atoms with Gasteiger partial charge in [-0.05, 0) is 26.9 Å². The van der Waals surface area contributed by atoms with Crippen LogP contribution in [-0.2, 0) is 14.3 Å². The topological polar surface area (TPSA) is 49.9 Å². The van der Waals surface area contributed by atoms with Gasteiger partial charge in [0.05, 0.1) is 6.61 Å². The molecule has 1 atom stereocenters. The molecule has 0 aromatic carbocycles. The van der Waals surface area contributed by atoms with E-state index in [1.54, 1.807) is 14.0 Å². The second-order valence-corrected chi connectivity index (χ2v) is 3.84. The third-order valence-corrected chi connectivity index (χ3v) is 2.68. The second-order valence-electron chi connectivity index (χ2n) is 3.84. The summed E-state index contributed by atoms with van der Waals surface area (Å²) in [5, 5.41) is 0. The third kappa shape index (κ3) is 2.92. The van der Waals surface area contributed by atoms with Crippen molar-refractivity contribution in [2.45, 2.75) is 19.4 Å². The smallest absolute Gasteiger partial charge is 0.397 e. The SMILES string of the molecule is CCOC(=O)C(=O)N(C)C1CCN(C)C1.